The molecular formula is C20H29N3O2. The third-order valence-electron chi connectivity index (χ3n) is 5.49. The number of likely N-dealkylation sites (tertiary alicyclic amines) is 1. The highest BCUT2D eigenvalue weighted by Crippen LogP contribution is 2.27. The SMILES string of the molecule is N[C@@H]1CCC[C@H]1CC(=O)Nc1ccc(CCC(=O)N2CCCC2)cc1. The van der Waals surface area contributed by atoms with Crippen molar-refractivity contribution >= 4 is 17.5 Å². The molecule has 0 radical (unpaired) electrons. The van der Waals surface area contributed by atoms with E-state index in [1.807, 2.05) is 29.2 Å². The lowest BCUT2D eigenvalue weighted by Gasteiger charge is -2.15. The zero-order chi connectivity index (χ0) is 17.6. The van der Waals surface area contributed by atoms with Gasteiger partial charge in [-0.3, -0.25) is 9.59 Å². The molecule has 0 bridgehead atoms. The summed E-state index contributed by atoms with van der Waals surface area (Å²) >= 11 is 0. The summed E-state index contributed by atoms with van der Waals surface area (Å²) in [6.45, 7) is 1.82. The smallest absolute Gasteiger partial charge is 0.224 e. The van der Waals surface area contributed by atoms with E-state index in [0.29, 0.717) is 18.8 Å². The number of hydrogen-bond donors (Lipinski definition) is 2. The number of nitrogens with one attached hydrogen (secondary N) is 1. The van der Waals surface area contributed by atoms with Crippen molar-refractivity contribution < 1.29 is 9.59 Å². The van der Waals surface area contributed by atoms with Crippen molar-refractivity contribution in [1.82, 2.24) is 4.90 Å². The van der Waals surface area contributed by atoms with Crippen molar-refractivity contribution in [3.8, 4) is 0 Å². The lowest BCUT2D eigenvalue weighted by Crippen LogP contribution is -2.28. The van der Waals surface area contributed by atoms with E-state index in [0.717, 1.165) is 62.9 Å². The molecule has 2 fully saturated rings. The second-order valence-electron chi connectivity index (χ2n) is 7.39. The van der Waals surface area contributed by atoms with Crippen LogP contribution in [0, 0.1) is 5.92 Å². The van der Waals surface area contributed by atoms with Gasteiger partial charge < -0.3 is 16.0 Å². The van der Waals surface area contributed by atoms with E-state index >= 15 is 0 Å². The van der Waals surface area contributed by atoms with Crippen LogP contribution in [0.25, 0.3) is 0 Å². The zero-order valence-corrected chi connectivity index (χ0v) is 14.9. The van der Waals surface area contributed by atoms with Crippen molar-refractivity contribution in [2.45, 2.75) is 57.4 Å². The van der Waals surface area contributed by atoms with Crippen LogP contribution in [0.5, 0.6) is 0 Å². The number of carbonyl (C=O) groups is 2. The van der Waals surface area contributed by atoms with Crippen LogP contribution in [-0.2, 0) is 16.0 Å². The molecule has 25 heavy (non-hydrogen) atoms. The van der Waals surface area contributed by atoms with Crippen LogP contribution >= 0.6 is 0 Å². The summed E-state index contributed by atoms with van der Waals surface area (Å²) in [5, 5.41) is 2.96. The Kier molecular flexibility index (Phi) is 6.08. The monoisotopic (exact) mass is 343 g/mol. The minimum absolute atomic E-state index is 0.0410. The average molecular weight is 343 g/mol. The van der Waals surface area contributed by atoms with E-state index in [1.165, 1.54) is 0 Å². The fraction of sp³-hybridized carbons (Fsp3) is 0.600. The van der Waals surface area contributed by atoms with Crippen molar-refractivity contribution in [2.24, 2.45) is 11.7 Å². The van der Waals surface area contributed by atoms with E-state index in [4.69, 9.17) is 5.73 Å². The van der Waals surface area contributed by atoms with Gasteiger partial charge in [-0.2, -0.15) is 0 Å². The van der Waals surface area contributed by atoms with Crippen LogP contribution in [0.15, 0.2) is 24.3 Å². The van der Waals surface area contributed by atoms with Gasteiger partial charge in [0.1, 0.15) is 0 Å². The summed E-state index contributed by atoms with van der Waals surface area (Å²) in [4.78, 5) is 26.2. The maximum absolute atomic E-state index is 12.1. The van der Waals surface area contributed by atoms with Crippen LogP contribution in [-0.4, -0.2) is 35.8 Å². The van der Waals surface area contributed by atoms with E-state index in [9.17, 15) is 9.59 Å². The lowest BCUT2D eigenvalue weighted by molar-refractivity contribution is -0.130. The van der Waals surface area contributed by atoms with Crippen LogP contribution in [0.3, 0.4) is 0 Å². The summed E-state index contributed by atoms with van der Waals surface area (Å²) in [6, 6.07) is 7.99. The molecule has 2 amide bonds. The first kappa shape index (κ1) is 17.9. The molecular weight excluding hydrogens is 314 g/mol. The number of hydrogen-bond acceptors (Lipinski definition) is 3. The summed E-state index contributed by atoms with van der Waals surface area (Å²) in [5.74, 6) is 0.609. The Balaban J connectivity index is 1.43. The third-order valence-corrected chi connectivity index (χ3v) is 5.49. The molecule has 0 unspecified atom stereocenters. The molecule has 1 aliphatic carbocycles. The Morgan fingerprint density at radius 1 is 1.08 bits per heavy atom. The van der Waals surface area contributed by atoms with Gasteiger partial charge in [-0.25, -0.2) is 0 Å². The molecule has 0 aromatic heterocycles. The largest absolute Gasteiger partial charge is 0.343 e. The number of benzene rings is 1. The minimum Gasteiger partial charge on any atom is -0.343 e. The Hall–Kier alpha value is -1.88. The van der Waals surface area contributed by atoms with E-state index < -0.39 is 0 Å². The standard InChI is InChI=1S/C20H29N3O2/c21-18-5-3-4-16(18)14-19(24)22-17-9-6-15(7-10-17)8-11-20(25)23-12-1-2-13-23/h6-7,9-10,16,18H,1-5,8,11-14,21H2,(H,22,24)/t16-,18+/m0/s1. The van der Waals surface area contributed by atoms with Crippen LogP contribution in [0.1, 0.15) is 50.5 Å². The molecule has 1 aromatic rings. The Morgan fingerprint density at radius 2 is 1.80 bits per heavy atom. The maximum Gasteiger partial charge on any atom is 0.224 e. The number of carbonyl (C=O) groups excluding carboxylic acids is 2. The molecule has 1 heterocycles. The summed E-state index contributed by atoms with van der Waals surface area (Å²) in [7, 11) is 0. The molecule has 3 rings (SSSR count). The number of nitrogens with two attached hydrogens (primary N) is 1. The third kappa shape index (κ3) is 5.05. The highest BCUT2D eigenvalue weighted by Gasteiger charge is 2.26. The van der Waals surface area contributed by atoms with Crippen molar-refractivity contribution in [1.29, 1.82) is 0 Å². The molecule has 1 saturated carbocycles. The molecule has 2 aliphatic rings. The molecule has 5 heteroatoms. The van der Waals surface area contributed by atoms with Gasteiger partial charge >= 0.3 is 0 Å². The fourth-order valence-electron chi connectivity index (χ4n) is 3.90. The van der Waals surface area contributed by atoms with Crippen LogP contribution < -0.4 is 11.1 Å². The summed E-state index contributed by atoms with van der Waals surface area (Å²) in [6.07, 6.45) is 7.29. The molecule has 136 valence electrons. The fourth-order valence-corrected chi connectivity index (χ4v) is 3.90. The Bertz CT molecular complexity index is 593. The first-order valence-electron chi connectivity index (χ1n) is 9.54. The number of aryl methyl sites for hydroxylation is 1. The number of nitrogens with zero attached hydrogens (tertiary/aromatic N) is 1. The molecule has 2 atom stereocenters. The topological polar surface area (TPSA) is 75.4 Å². The average Bonchev–Trinajstić information content (AvgIpc) is 3.26. The molecule has 1 aromatic carbocycles. The highest BCUT2D eigenvalue weighted by molar-refractivity contribution is 5.90. The van der Waals surface area contributed by atoms with Gasteiger partial charge in [-0.15, -0.1) is 0 Å². The van der Waals surface area contributed by atoms with Gasteiger partial charge in [0.2, 0.25) is 11.8 Å². The second kappa shape index (κ2) is 8.48. The van der Waals surface area contributed by atoms with Gasteiger partial charge in [0.25, 0.3) is 0 Å². The van der Waals surface area contributed by atoms with Crippen molar-refractivity contribution in [3.05, 3.63) is 29.8 Å². The number of anilines is 1. The van der Waals surface area contributed by atoms with Gasteiger partial charge in [-0.05, 0) is 55.7 Å². The molecule has 1 saturated heterocycles. The Labute approximate surface area is 150 Å². The predicted octanol–water partition coefficient (Wildman–Crippen LogP) is 2.70. The van der Waals surface area contributed by atoms with Gasteiger partial charge in [0, 0.05) is 37.7 Å². The quantitative estimate of drug-likeness (QED) is 0.834. The lowest BCUT2D eigenvalue weighted by atomic mass is 10.00. The van der Waals surface area contributed by atoms with Crippen LogP contribution in [0.4, 0.5) is 5.69 Å². The summed E-state index contributed by atoms with van der Waals surface area (Å²) in [5.41, 5.74) is 7.97. The Morgan fingerprint density at radius 3 is 2.44 bits per heavy atom. The highest BCUT2D eigenvalue weighted by atomic mass is 16.2. The van der Waals surface area contributed by atoms with Crippen molar-refractivity contribution in [3.63, 3.8) is 0 Å². The predicted molar refractivity (Wildman–Crippen MR) is 99.1 cm³/mol. The summed E-state index contributed by atoms with van der Waals surface area (Å²) < 4.78 is 0. The normalized spacial score (nSPS) is 23.0. The van der Waals surface area contributed by atoms with E-state index in [1.54, 1.807) is 0 Å². The zero-order valence-electron chi connectivity index (χ0n) is 14.9. The van der Waals surface area contributed by atoms with Crippen molar-refractivity contribution in [2.75, 3.05) is 18.4 Å². The number of rotatable bonds is 6. The van der Waals surface area contributed by atoms with Gasteiger partial charge in [0.05, 0.1) is 0 Å². The van der Waals surface area contributed by atoms with E-state index in [2.05, 4.69) is 5.32 Å². The second-order valence-corrected chi connectivity index (χ2v) is 7.39. The van der Waals surface area contributed by atoms with Gasteiger partial charge in [0.15, 0.2) is 0 Å². The minimum atomic E-state index is 0.0410. The maximum atomic E-state index is 12.1. The molecule has 0 spiro atoms. The first-order valence-corrected chi connectivity index (χ1v) is 9.54. The molecule has 1 aliphatic heterocycles. The van der Waals surface area contributed by atoms with E-state index in [-0.39, 0.29) is 17.9 Å². The molecule has 5 nitrogen and oxygen atoms in total. The molecule has 3 N–H and O–H groups in total. The van der Waals surface area contributed by atoms with Crippen LogP contribution in [0.2, 0.25) is 0 Å². The first-order chi connectivity index (χ1) is 12.1. The number of amides is 2. The van der Waals surface area contributed by atoms with Gasteiger partial charge in [-0.1, -0.05) is 18.6 Å².